The number of aromatic nitrogens is 4. The lowest BCUT2D eigenvalue weighted by atomic mass is 9.85. The third kappa shape index (κ3) is 2.79. The SMILES string of the molecule is CCOC(=O)c1nnn(CC2CCC2)c1-c1ccccn1. The fourth-order valence-corrected chi connectivity index (χ4v) is 2.45. The molecule has 0 aromatic carbocycles. The van der Waals surface area contributed by atoms with Crippen LogP contribution in [0.1, 0.15) is 36.7 Å². The molecule has 3 rings (SSSR count). The largest absolute Gasteiger partial charge is 0.461 e. The molecule has 0 saturated heterocycles. The number of carbonyl (C=O) groups excluding carboxylic acids is 1. The second-order valence-corrected chi connectivity index (χ2v) is 5.20. The van der Waals surface area contributed by atoms with Crippen LogP contribution in [-0.2, 0) is 11.3 Å². The molecule has 0 bridgehead atoms. The van der Waals surface area contributed by atoms with Gasteiger partial charge in [-0.2, -0.15) is 0 Å². The summed E-state index contributed by atoms with van der Waals surface area (Å²) in [6, 6.07) is 5.59. The van der Waals surface area contributed by atoms with Crippen molar-refractivity contribution < 1.29 is 9.53 Å². The lowest BCUT2D eigenvalue weighted by molar-refractivity contribution is 0.0520. The molecule has 0 spiro atoms. The molecule has 0 aliphatic heterocycles. The maximum Gasteiger partial charge on any atom is 0.361 e. The van der Waals surface area contributed by atoms with Crippen LogP contribution >= 0.6 is 0 Å². The van der Waals surface area contributed by atoms with E-state index < -0.39 is 5.97 Å². The number of pyridine rings is 1. The van der Waals surface area contributed by atoms with E-state index in [9.17, 15) is 4.79 Å². The Morgan fingerprint density at radius 1 is 1.43 bits per heavy atom. The second-order valence-electron chi connectivity index (χ2n) is 5.20. The third-order valence-corrected chi connectivity index (χ3v) is 3.77. The van der Waals surface area contributed by atoms with Gasteiger partial charge in [-0.1, -0.05) is 17.7 Å². The standard InChI is InChI=1S/C15H18N4O2/c1-2-21-15(20)13-14(12-8-3-4-9-16-12)19(18-17-13)10-11-6-5-7-11/h3-4,8-9,11H,2,5-7,10H2,1H3. The summed E-state index contributed by atoms with van der Waals surface area (Å²) in [5, 5.41) is 8.16. The van der Waals surface area contributed by atoms with E-state index in [-0.39, 0.29) is 5.69 Å². The van der Waals surface area contributed by atoms with Gasteiger partial charge in [-0.15, -0.1) is 5.10 Å². The summed E-state index contributed by atoms with van der Waals surface area (Å²) >= 11 is 0. The molecule has 110 valence electrons. The molecule has 0 radical (unpaired) electrons. The topological polar surface area (TPSA) is 69.9 Å². The first kappa shape index (κ1) is 13.7. The highest BCUT2D eigenvalue weighted by Crippen LogP contribution is 2.30. The van der Waals surface area contributed by atoms with Gasteiger partial charge >= 0.3 is 5.97 Å². The maximum atomic E-state index is 12.1. The van der Waals surface area contributed by atoms with E-state index in [1.807, 2.05) is 18.2 Å². The highest BCUT2D eigenvalue weighted by Gasteiger charge is 2.26. The second kappa shape index (κ2) is 6.03. The van der Waals surface area contributed by atoms with Crippen molar-refractivity contribution in [2.75, 3.05) is 6.61 Å². The van der Waals surface area contributed by atoms with Crippen LogP contribution in [-0.4, -0.2) is 32.6 Å². The number of hydrogen-bond donors (Lipinski definition) is 0. The molecule has 1 aliphatic carbocycles. The first-order valence-corrected chi connectivity index (χ1v) is 7.31. The molecule has 6 nitrogen and oxygen atoms in total. The first-order valence-electron chi connectivity index (χ1n) is 7.31. The van der Waals surface area contributed by atoms with Gasteiger partial charge in [0.25, 0.3) is 0 Å². The molecule has 0 atom stereocenters. The van der Waals surface area contributed by atoms with Gasteiger partial charge in [-0.05, 0) is 37.8 Å². The van der Waals surface area contributed by atoms with Crippen LogP contribution in [0, 0.1) is 5.92 Å². The van der Waals surface area contributed by atoms with Crippen LogP contribution in [0.5, 0.6) is 0 Å². The summed E-state index contributed by atoms with van der Waals surface area (Å²) < 4.78 is 6.86. The number of hydrogen-bond acceptors (Lipinski definition) is 5. The molecule has 0 unspecified atom stereocenters. The van der Waals surface area contributed by atoms with Crippen molar-refractivity contribution in [3.63, 3.8) is 0 Å². The number of rotatable bonds is 5. The molecule has 2 aromatic rings. The highest BCUT2D eigenvalue weighted by atomic mass is 16.5. The van der Waals surface area contributed by atoms with Crippen molar-refractivity contribution in [3.05, 3.63) is 30.1 Å². The van der Waals surface area contributed by atoms with E-state index in [1.54, 1.807) is 17.8 Å². The van der Waals surface area contributed by atoms with Crippen molar-refractivity contribution in [1.82, 2.24) is 20.0 Å². The van der Waals surface area contributed by atoms with Crippen LogP contribution < -0.4 is 0 Å². The summed E-state index contributed by atoms with van der Waals surface area (Å²) in [7, 11) is 0. The molecular formula is C15H18N4O2. The van der Waals surface area contributed by atoms with Crippen molar-refractivity contribution in [1.29, 1.82) is 0 Å². The van der Waals surface area contributed by atoms with E-state index in [0.717, 1.165) is 6.54 Å². The molecule has 21 heavy (non-hydrogen) atoms. The van der Waals surface area contributed by atoms with Crippen LogP contribution in [0.25, 0.3) is 11.4 Å². The molecule has 6 heteroatoms. The van der Waals surface area contributed by atoms with E-state index in [1.165, 1.54) is 19.3 Å². The molecule has 0 N–H and O–H groups in total. The van der Waals surface area contributed by atoms with Gasteiger partial charge in [-0.25, -0.2) is 9.48 Å². The quantitative estimate of drug-likeness (QED) is 0.789. The summed E-state index contributed by atoms with van der Waals surface area (Å²) in [4.78, 5) is 16.4. The summed E-state index contributed by atoms with van der Waals surface area (Å²) in [6.07, 6.45) is 5.38. The Kier molecular flexibility index (Phi) is 3.94. The zero-order chi connectivity index (χ0) is 14.7. The highest BCUT2D eigenvalue weighted by molar-refractivity contribution is 5.93. The Bertz CT molecular complexity index is 620. The number of esters is 1. The molecule has 1 aliphatic rings. The average molecular weight is 286 g/mol. The maximum absolute atomic E-state index is 12.1. The molecule has 1 fully saturated rings. The van der Waals surface area contributed by atoms with Gasteiger partial charge in [-0.3, -0.25) is 4.98 Å². The van der Waals surface area contributed by atoms with Crippen LogP contribution in [0.15, 0.2) is 24.4 Å². The van der Waals surface area contributed by atoms with Crippen LogP contribution in [0.2, 0.25) is 0 Å². The van der Waals surface area contributed by atoms with Gasteiger partial charge < -0.3 is 4.74 Å². The minimum absolute atomic E-state index is 0.245. The third-order valence-electron chi connectivity index (χ3n) is 3.77. The Labute approximate surface area is 123 Å². The van der Waals surface area contributed by atoms with Crippen LogP contribution in [0.3, 0.4) is 0 Å². The Hall–Kier alpha value is -2.24. The molecule has 0 amide bonds. The van der Waals surface area contributed by atoms with E-state index in [0.29, 0.717) is 23.9 Å². The number of nitrogens with zero attached hydrogens (tertiary/aromatic N) is 4. The number of carbonyl (C=O) groups is 1. The van der Waals surface area contributed by atoms with Gasteiger partial charge in [0.1, 0.15) is 5.69 Å². The zero-order valence-corrected chi connectivity index (χ0v) is 12.0. The summed E-state index contributed by atoms with van der Waals surface area (Å²) in [6.45, 7) is 2.87. The fraction of sp³-hybridized carbons (Fsp3) is 0.467. The van der Waals surface area contributed by atoms with Crippen molar-refractivity contribution in [3.8, 4) is 11.4 Å². The Morgan fingerprint density at radius 3 is 2.90 bits per heavy atom. The average Bonchev–Trinajstić information content (AvgIpc) is 2.88. The lowest BCUT2D eigenvalue weighted by Gasteiger charge is -2.25. The van der Waals surface area contributed by atoms with E-state index in [4.69, 9.17) is 4.74 Å². The smallest absolute Gasteiger partial charge is 0.361 e. The van der Waals surface area contributed by atoms with Crippen molar-refractivity contribution in [2.45, 2.75) is 32.7 Å². The molecule has 2 aromatic heterocycles. The number of ether oxygens (including phenoxy) is 1. The lowest BCUT2D eigenvalue weighted by Crippen LogP contribution is -2.20. The van der Waals surface area contributed by atoms with Crippen molar-refractivity contribution in [2.24, 2.45) is 5.92 Å². The molecular weight excluding hydrogens is 268 g/mol. The first-order chi connectivity index (χ1) is 10.3. The van der Waals surface area contributed by atoms with Gasteiger partial charge in [0.05, 0.1) is 12.3 Å². The summed E-state index contributed by atoms with van der Waals surface area (Å²) in [5.74, 6) is 0.169. The minimum Gasteiger partial charge on any atom is -0.461 e. The Balaban J connectivity index is 1.98. The Morgan fingerprint density at radius 2 is 2.29 bits per heavy atom. The van der Waals surface area contributed by atoms with Crippen LogP contribution in [0.4, 0.5) is 0 Å². The predicted molar refractivity (Wildman–Crippen MR) is 76.6 cm³/mol. The van der Waals surface area contributed by atoms with Crippen molar-refractivity contribution >= 4 is 5.97 Å². The molecule has 1 saturated carbocycles. The summed E-state index contributed by atoms with van der Waals surface area (Å²) in [5.41, 5.74) is 1.60. The molecule has 2 heterocycles. The fourth-order valence-electron chi connectivity index (χ4n) is 2.45. The minimum atomic E-state index is -0.446. The normalized spacial score (nSPS) is 14.7. The van der Waals surface area contributed by atoms with E-state index >= 15 is 0 Å². The van der Waals surface area contributed by atoms with Gasteiger partial charge in [0, 0.05) is 12.7 Å². The van der Waals surface area contributed by atoms with Gasteiger partial charge in [0.15, 0.2) is 5.69 Å². The zero-order valence-electron chi connectivity index (χ0n) is 12.0. The van der Waals surface area contributed by atoms with Gasteiger partial charge in [0.2, 0.25) is 0 Å². The van der Waals surface area contributed by atoms with E-state index in [2.05, 4.69) is 15.3 Å². The predicted octanol–water partition coefficient (Wildman–Crippen LogP) is 2.32. The monoisotopic (exact) mass is 286 g/mol.